The molecule has 0 bridgehead atoms. The number of carbonyl (C=O) groups is 2. The normalized spacial score (nSPS) is 14.7. The van der Waals surface area contributed by atoms with Gasteiger partial charge in [-0.2, -0.15) is 13.2 Å². The van der Waals surface area contributed by atoms with E-state index in [9.17, 15) is 22.8 Å². The number of benzene rings is 1. The minimum absolute atomic E-state index is 0.202. The number of hydrogen-bond donors (Lipinski definition) is 1. The van der Waals surface area contributed by atoms with E-state index in [1.807, 2.05) is 0 Å². The Morgan fingerprint density at radius 2 is 2.17 bits per heavy atom. The molecule has 6 nitrogen and oxygen atoms in total. The van der Waals surface area contributed by atoms with Crippen LogP contribution in [0.1, 0.15) is 6.42 Å². The van der Waals surface area contributed by atoms with Crippen LogP contribution in [0, 0.1) is 0 Å². The maximum absolute atomic E-state index is 11.9. The Bertz CT molecular complexity index is 577. The summed E-state index contributed by atoms with van der Waals surface area (Å²) in [5, 5.41) is 2.54. The van der Waals surface area contributed by atoms with E-state index in [4.69, 9.17) is 4.74 Å². The van der Waals surface area contributed by atoms with Gasteiger partial charge in [-0.05, 0) is 18.2 Å². The Morgan fingerprint density at radius 1 is 1.39 bits per heavy atom. The lowest BCUT2D eigenvalue weighted by molar-refractivity contribution is -0.174. The van der Waals surface area contributed by atoms with Gasteiger partial charge in [0.1, 0.15) is 13.2 Å². The number of carbonyl (C=O) groups excluding carboxylic acids is 2. The molecule has 0 unspecified atom stereocenters. The highest BCUT2D eigenvalue weighted by Gasteiger charge is 2.27. The fourth-order valence-electron chi connectivity index (χ4n) is 1.96. The van der Waals surface area contributed by atoms with E-state index in [1.165, 1.54) is 4.90 Å². The van der Waals surface area contributed by atoms with Crippen LogP contribution in [0.2, 0.25) is 0 Å². The first-order valence-corrected chi connectivity index (χ1v) is 6.84. The van der Waals surface area contributed by atoms with Crippen molar-refractivity contribution in [2.24, 2.45) is 0 Å². The summed E-state index contributed by atoms with van der Waals surface area (Å²) in [6, 6.07) is 6.53. The number of hydrogen-bond acceptors (Lipinski definition) is 4. The van der Waals surface area contributed by atoms with Crippen molar-refractivity contribution >= 4 is 23.4 Å². The predicted octanol–water partition coefficient (Wildman–Crippen LogP) is 2.55. The van der Waals surface area contributed by atoms with Gasteiger partial charge in [0.15, 0.2) is 0 Å². The van der Waals surface area contributed by atoms with E-state index >= 15 is 0 Å². The standard InChI is InChI=1S/C14H15F3N2O4/c15-14(16,17)9-22-6-4-12(20)18-10-2-1-3-11(8-10)19-5-7-23-13(19)21/h1-3,8H,4-7,9H2,(H,18,20). The topological polar surface area (TPSA) is 67.9 Å². The summed E-state index contributed by atoms with van der Waals surface area (Å²) in [4.78, 5) is 24.5. The molecule has 1 aliphatic rings. The smallest absolute Gasteiger partial charge is 0.414 e. The fourth-order valence-corrected chi connectivity index (χ4v) is 1.96. The molecule has 1 N–H and O–H groups in total. The maximum Gasteiger partial charge on any atom is 0.414 e. The number of halogens is 3. The molecule has 1 aromatic carbocycles. The molecular formula is C14H15F3N2O4. The van der Waals surface area contributed by atoms with Crippen molar-refractivity contribution in [1.82, 2.24) is 0 Å². The lowest BCUT2D eigenvalue weighted by Gasteiger charge is -2.14. The minimum Gasteiger partial charge on any atom is -0.447 e. The molecule has 2 amide bonds. The van der Waals surface area contributed by atoms with Crippen molar-refractivity contribution in [3.8, 4) is 0 Å². The van der Waals surface area contributed by atoms with Crippen LogP contribution < -0.4 is 10.2 Å². The molecule has 2 rings (SSSR count). The molecule has 1 aliphatic heterocycles. The van der Waals surface area contributed by atoms with E-state index < -0.39 is 24.8 Å². The summed E-state index contributed by atoms with van der Waals surface area (Å²) < 4.78 is 44.8. The van der Waals surface area contributed by atoms with Gasteiger partial charge in [-0.25, -0.2) is 4.79 Å². The largest absolute Gasteiger partial charge is 0.447 e. The molecule has 1 fully saturated rings. The van der Waals surface area contributed by atoms with E-state index in [0.717, 1.165) is 0 Å². The van der Waals surface area contributed by atoms with Crippen LogP contribution in [0.4, 0.5) is 29.3 Å². The molecule has 0 saturated carbocycles. The van der Waals surface area contributed by atoms with Crippen LogP contribution in [0.25, 0.3) is 0 Å². The van der Waals surface area contributed by atoms with Crippen molar-refractivity contribution in [3.63, 3.8) is 0 Å². The molecule has 0 aliphatic carbocycles. The molecule has 1 saturated heterocycles. The molecule has 0 spiro atoms. The second-order valence-electron chi connectivity index (χ2n) is 4.78. The third kappa shape index (κ3) is 5.44. The zero-order valence-corrected chi connectivity index (χ0v) is 12.1. The lowest BCUT2D eigenvalue weighted by Crippen LogP contribution is -2.23. The average molecular weight is 332 g/mol. The fraction of sp³-hybridized carbons (Fsp3) is 0.429. The van der Waals surface area contributed by atoms with Crippen LogP contribution >= 0.6 is 0 Å². The van der Waals surface area contributed by atoms with Gasteiger partial charge in [-0.1, -0.05) is 6.07 Å². The maximum atomic E-state index is 11.9. The lowest BCUT2D eigenvalue weighted by atomic mass is 10.2. The number of anilines is 2. The van der Waals surface area contributed by atoms with Gasteiger partial charge in [-0.15, -0.1) is 0 Å². The van der Waals surface area contributed by atoms with Crippen LogP contribution in [0.15, 0.2) is 24.3 Å². The number of nitrogens with one attached hydrogen (secondary N) is 1. The molecule has 0 atom stereocenters. The Hall–Kier alpha value is -2.29. The molecule has 9 heteroatoms. The van der Waals surface area contributed by atoms with E-state index in [1.54, 1.807) is 24.3 Å². The van der Waals surface area contributed by atoms with Gasteiger partial charge < -0.3 is 14.8 Å². The van der Waals surface area contributed by atoms with Gasteiger partial charge in [-0.3, -0.25) is 9.69 Å². The molecule has 0 radical (unpaired) electrons. The third-order valence-corrected chi connectivity index (χ3v) is 2.94. The number of amides is 2. The summed E-state index contributed by atoms with van der Waals surface area (Å²) in [5.74, 6) is -0.478. The quantitative estimate of drug-likeness (QED) is 0.813. The van der Waals surface area contributed by atoms with Crippen molar-refractivity contribution in [2.45, 2.75) is 12.6 Å². The number of nitrogens with zero attached hydrogens (tertiary/aromatic N) is 1. The Morgan fingerprint density at radius 3 is 2.83 bits per heavy atom. The third-order valence-electron chi connectivity index (χ3n) is 2.94. The number of ether oxygens (including phenoxy) is 2. The first-order chi connectivity index (χ1) is 10.8. The zero-order chi connectivity index (χ0) is 16.9. The van der Waals surface area contributed by atoms with Gasteiger partial charge >= 0.3 is 12.3 Å². The van der Waals surface area contributed by atoms with Crippen molar-refractivity contribution < 1.29 is 32.2 Å². The minimum atomic E-state index is -4.41. The highest BCUT2D eigenvalue weighted by molar-refractivity contribution is 5.93. The van der Waals surface area contributed by atoms with Gasteiger partial charge in [0.2, 0.25) is 5.91 Å². The highest BCUT2D eigenvalue weighted by Crippen LogP contribution is 2.22. The number of alkyl halides is 3. The summed E-state index contributed by atoms with van der Waals surface area (Å²) in [7, 11) is 0. The Balaban J connectivity index is 1.83. The molecule has 126 valence electrons. The predicted molar refractivity (Wildman–Crippen MR) is 75.3 cm³/mol. The average Bonchev–Trinajstić information content (AvgIpc) is 2.89. The summed E-state index contributed by atoms with van der Waals surface area (Å²) in [5.41, 5.74) is 1.00. The van der Waals surface area contributed by atoms with Gasteiger partial charge in [0.05, 0.1) is 19.6 Å². The number of rotatable bonds is 6. The van der Waals surface area contributed by atoms with Gasteiger partial charge in [0.25, 0.3) is 0 Å². The van der Waals surface area contributed by atoms with Gasteiger partial charge in [0, 0.05) is 11.4 Å². The molecule has 23 heavy (non-hydrogen) atoms. The van der Waals surface area contributed by atoms with Crippen molar-refractivity contribution in [1.29, 1.82) is 0 Å². The second-order valence-corrected chi connectivity index (χ2v) is 4.78. The zero-order valence-electron chi connectivity index (χ0n) is 12.1. The molecular weight excluding hydrogens is 317 g/mol. The van der Waals surface area contributed by atoms with Crippen molar-refractivity contribution in [3.05, 3.63) is 24.3 Å². The monoisotopic (exact) mass is 332 g/mol. The van der Waals surface area contributed by atoms with Crippen LogP contribution in [-0.4, -0.2) is 44.5 Å². The highest BCUT2D eigenvalue weighted by atomic mass is 19.4. The van der Waals surface area contributed by atoms with Crippen molar-refractivity contribution in [2.75, 3.05) is 36.6 Å². The first-order valence-electron chi connectivity index (χ1n) is 6.84. The van der Waals surface area contributed by atoms with Crippen LogP contribution in [0.5, 0.6) is 0 Å². The Labute approximate surface area is 130 Å². The molecule has 1 aromatic rings. The van der Waals surface area contributed by atoms with E-state index in [0.29, 0.717) is 24.5 Å². The van der Waals surface area contributed by atoms with E-state index in [2.05, 4.69) is 10.1 Å². The van der Waals surface area contributed by atoms with Crippen LogP contribution in [-0.2, 0) is 14.3 Å². The summed E-state index contributed by atoms with van der Waals surface area (Å²) in [6.45, 7) is -0.996. The second kappa shape index (κ2) is 7.32. The summed E-state index contributed by atoms with van der Waals surface area (Å²) >= 11 is 0. The first kappa shape index (κ1) is 17.1. The number of cyclic esters (lactones) is 1. The Kier molecular flexibility index (Phi) is 5.43. The molecule has 1 heterocycles. The summed E-state index contributed by atoms with van der Waals surface area (Å²) in [6.07, 6.45) is -5.07. The SMILES string of the molecule is O=C(CCOCC(F)(F)F)Nc1cccc(N2CCOC2=O)c1. The van der Waals surface area contributed by atoms with E-state index in [-0.39, 0.29) is 13.0 Å². The molecule has 0 aromatic heterocycles. The van der Waals surface area contributed by atoms with Crippen LogP contribution in [0.3, 0.4) is 0 Å².